The van der Waals surface area contributed by atoms with E-state index in [1.807, 2.05) is 49.4 Å². The van der Waals surface area contributed by atoms with Gasteiger partial charge in [-0.3, -0.25) is 9.59 Å². The van der Waals surface area contributed by atoms with Crippen molar-refractivity contribution < 1.29 is 9.59 Å². The van der Waals surface area contributed by atoms with E-state index in [1.165, 1.54) is 0 Å². The molecule has 5 nitrogen and oxygen atoms in total. The molecule has 2 aromatic rings. The third-order valence-electron chi connectivity index (χ3n) is 3.34. The van der Waals surface area contributed by atoms with Crippen molar-refractivity contribution in [3.8, 4) is 0 Å². The topological polar surface area (TPSA) is 84.2 Å². The van der Waals surface area contributed by atoms with Crippen LogP contribution in [0.5, 0.6) is 0 Å². The summed E-state index contributed by atoms with van der Waals surface area (Å²) in [5, 5.41) is 7.46. The number of hydrogen-bond donors (Lipinski definition) is 3. The minimum atomic E-state index is -0.245. The quantitative estimate of drug-likeness (QED) is 0.758. The maximum absolute atomic E-state index is 11.9. The van der Waals surface area contributed by atoms with Gasteiger partial charge in [-0.2, -0.15) is 0 Å². The van der Waals surface area contributed by atoms with E-state index in [4.69, 9.17) is 5.73 Å². The Morgan fingerprint density at radius 3 is 2.52 bits per heavy atom. The summed E-state index contributed by atoms with van der Waals surface area (Å²) in [6.45, 7) is 1.81. The van der Waals surface area contributed by atoms with Gasteiger partial charge < -0.3 is 16.4 Å². The van der Waals surface area contributed by atoms with Crippen LogP contribution in [-0.4, -0.2) is 24.4 Å². The number of fused-ring (bicyclic) bond motifs is 1. The highest BCUT2D eigenvalue weighted by molar-refractivity contribution is 6.03. The molecular formula is C17H22ClN3O2. The number of halogens is 1. The fourth-order valence-electron chi connectivity index (χ4n) is 2.15. The second-order valence-corrected chi connectivity index (χ2v) is 5.37. The largest absolute Gasteiger partial charge is 0.347 e. The predicted molar refractivity (Wildman–Crippen MR) is 95.7 cm³/mol. The van der Waals surface area contributed by atoms with Crippen molar-refractivity contribution in [2.45, 2.75) is 25.8 Å². The van der Waals surface area contributed by atoms with Gasteiger partial charge >= 0.3 is 0 Å². The van der Waals surface area contributed by atoms with Gasteiger partial charge in [0.15, 0.2) is 0 Å². The Morgan fingerprint density at radius 1 is 1.09 bits per heavy atom. The van der Waals surface area contributed by atoms with Crippen molar-refractivity contribution in [1.29, 1.82) is 0 Å². The first-order chi connectivity index (χ1) is 10.6. The molecule has 4 N–H and O–H groups in total. The molecule has 0 fully saturated rings. The summed E-state index contributed by atoms with van der Waals surface area (Å²) in [7, 11) is 0. The molecule has 0 saturated carbocycles. The number of nitrogens with one attached hydrogen (secondary N) is 2. The van der Waals surface area contributed by atoms with Crippen LogP contribution in [0.15, 0.2) is 42.5 Å². The van der Waals surface area contributed by atoms with Crippen molar-refractivity contribution in [3.63, 3.8) is 0 Å². The molecule has 0 heterocycles. The highest BCUT2D eigenvalue weighted by Gasteiger charge is 2.08. The van der Waals surface area contributed by atoms with Crippen LogP contribution in [0.1, 0.15) is 19.8 Å². The number of amides is 2. The second-order valence-electron chi connectivity index (χ2n) is 5.37. The molecule has 0 aromatic heterocycles. The van der Waals surface area contributed by atoms with Gasteiger partial charge in [0, 0.05) is 23.5 Å². The first-order valence-corrected chi connectivity index (χ1v) is 7.36. The lowest BCUT2D eigenvalue weighted by atomic mass is 10.1. The molecule has 0 saturated heterocycles. The molecular weight excluding hydrogens is 314 g/mol. The zero-order valence-corrected chi connectivity index (χ0v) is 13.9. The van der Waals surface area contributed by atoms with E-state index >= 15 is 0 Å². The normalized spacial score (nSPS) is 11.4. The van der Waals surface area contributed by atoms with E-state index in [1.54, 1.807) is 0 Å². The molecule has 0 radical (unpaired) electrons. The van der Waals surface area contributed by atoms with Crippen LogP contribution in [-0.2, 0) is 9.59 Å². The summed E-state index contributed by atoms with van der Waals surface area (Å²) in [4.78, 5) is 23.5. The Morgan fingerprint density at radius 2 is 1.78 bits per heavy atom. The maximum Gasteiger partial charge on any atom is 0.243 e. The van der Waals surface area contributed by atoms with E-state index in [0.717, 1.165) is 16.5 Å². The molecule has 23 heavy (non-hydrogen) atoms. The fourth-order valence-corrected chi connectivity index (χ4v) is 2.15. The molecule has 2 aromatic carbocycles. The van der Waals surface area contributed by atoms with Gasteiger partial charge in [-0.15, -0.1) is 12.4 Å². The fraction of sp³-hybridized carbons (Fsp3) is 0.294. The highest BCUT2D eigenvalue weighted by Crippen LogP contribution is 2.22. The highest BCUT2D eigenvalue weighted by atomic mass is 35.5. The number of hydrogen-bond acceptors (Lipinski definition) is 3. The third-order valence-corrected chi connectivity index (χ3v) is 3.34. The molecule has 124 valence electrons. The van der Waals surface area contributed by atoms with Gasteiger partial charge in [0.25, 0.3) is 0 Å². The van der Waals surface area contributed by atoms with E-state index < -0.39 is 0 Å². The van der Waals surface area contributed by atoms with E-state index in [0.29, 0.717) is 12.8 Å². The Labute approximate surface area is 142 Å². The molecule has 1 atom stereocenters. The lowest BCUT2D eigenvalue weighted by Gasteiger charge is -2.10. The minimum absolute atomic E-state index is 0. The lowest BCUT2D eigenvalue weighted by molar-refractivity contribution is -0.124. The maximum atomic E-state index is 11.9. The summed E-state index contributed by atoms with van der Waals surface area (Å²) in [6.07, 6.45) is 0.940. The van der Waals surface area contributed by atoms with Crippen LogP contribution in [0, 0.1) is 0 Å². The van der Waals surface area contributed by atoms with Crippen LogP contribution < -0.4 is 16.4 Å². The predicted octanol–water partition coefficient (Wildman–Crippen LogP) is 2.44. The van der Waals surface area contributed by atoms with Crippen molar-refractivity contribution in [1.82, 2.24) is 5.32 Å². The first kappa shape index (κ1) is 18.9. The van der Waals surface area contributed by atoms with Crippen LogP contribution in [0.3, 0.4) is 0 Å². The SMILES string of the molecule is CC(N)CCC(=O)NCC(=O)Nc1cccc2ccccc12.Cl. The van der Waals surface area contributed by atoms with Crippen molar-refractivity contribution in [2.75, 3.05) is 11.9 Å². The zero-order chi connectivity index (χ0) is 15.9. The van der Waals surface area contributed by atoms with Crippen molar-refractivity contribution >= 4 is 40.7 Å². The van der Waals surface area contributed by atoms with Crippen LogP contribution in [0.2, 0.25) is 0 Å². The van der Waals surface area contributed by atoms with Gasteiger partial charge in [-0.1, -0.05) is 36.4 Å². The second kappa shape index (κ2) is 9.12. The van der Waals surface area contributed by atoms with Crippen molar-refractivity contribution in [3.05, 3.63) is 42.5 Å². The summed E-state index contributed by atoms with van der Waals surface area (Å²) in [5.74, 6) is -0.407. The van der Waals surface area contributed by atoms with E-state index in [9.17, 15) is 9.59 Å². The molecule has 0 aliphatic carbocycles. The van der Waals surface area contributed by atoms with E-state index in [-0.39, 0.29) is 36.8 Å². The van der Waals surface area contributed by atoms with Gasteiger partial charge in [-0.25, -0.2) is 0 Å². The Hall–Kier alpha value is -2.11. The Balaban J connectivity index is 0.00000264. The minimum Gasteiger partial charge on any atom is -0.347 e. The molecule has 0 aliphatic heterocycles. The summed E-state index contributed by atoms with van der Waals surface area (Å²) >= 11 is 0. The van der Waals surface area contributed by atoms with E-state index in [2.05, 4.69) is 10.6 Å². The average Bonchev–Trinajstić information content (AvgIpc) is 2.51. The molecule has 1 unspecified atom stereocenters. The summed E-state index contributed by atoms with van der Waals surface area (Å²) in [5.41, 5.74) is 6.34. The lowest BCUT2D eigenvalue weighted by Crippen LogP contribution is -2.33. The molecule has 2 amide bonds. The number of carbonyl (C=O) groups is 2. The average molecular weight is 336 g/mol. The zero-order valence-electron chi connectivity index (χ0n) is 13.0. The number of rotatable bonds is 6. The molecule has 2 rings (SSSR count). The monoisotopic (exact) mass is 335 g/mol. The number of anilines is 1. The number of benzene rings is 2. The van der Waals surface area contributed by atoms with Crippen LogP contribution >= 0.6 is 12.4 Å². The van der Waals surface area contributed by atoms with Crippen LogP contribution in [0.4, 0.5) is 5.69 Å². The molecule has 6 heteroatoms. The van der Waals surface area contributed by atoms with Gasteiger partial charge in [0.1, 0.15) is 0 Å². The Bertz CT molecular complexity index is 668. The van der Waals surface area contributed by atoms with Gasteiger partial charge in [-0.05, 0) is 24.8 Å². The number of nitrogens with two attached hydrogens (primary N) is 1. The smallest absolute Gasteiger partial charge is 0.243 e. The van der Waals surface area contributed by atoms with Gasteiger partial charge in [0.05, 0.1) is 6.54 Å². The van der Waals surface area contributed by atoms with Crippen molar-refractivity contribution in [2.24, 2.45) is 5.73 Å². The number of carbonyl (C=O) groups excluding carboxylic acids is 2. The standard InChI is InChI=1S/C17H21N3O2.ClH/c1-12(18)9-10-16(21)19-11-17(22)20-15-8-4-6-13-5-2-3-7-14(13)15;/h2-8,12H,9-11,18H2,1H3,(H,19,21)(H,20,22);1H. The van der Waals surface area contributed by atoms with Crippen LogP contribution in [0.25, 0.3) is 10.8 Å². The Kier molecular flexibility index (Phi) is 7.51. The molecule has 0 spiro atoms. The first-order valence-electron chi connectivity index (χ1n) is 7.36. The summed E-state index contributed by atoms with van der Waals surface area (Å²) < 4.78 is 0. The molecule has 0 aliphatic rings. The third kappa shape index (κ3) is 5.88. The summed E-state index contributed by atoms with van der Waals surface area (Å²) in [6, 6.07) is 13.5. The molecule has 0 bridgehead atoms. The van der Waals surface area contributed by atoms with Gasteiger partial charge in [0.2, 0.25) is 11.8 Å².